The third kappa shape index (κ3) is 6.37. The van der Waals surface area contributed by atoms with E-state index in [9.17, 15) is 24.8 Å². The summed E-state index contributed by atoms with van der Waals surface area (Å²) < 4.78 is 0. The molecule has 0 saturated carbocycles. The monoisotopic (exact) mass is 502 g/mol. The number of aromatic amines is 1. The van der Waals surface area contributed by atoms with Crippen molar-refractivity contribution in [2.45, 2.75) is 38.9 Å². The van der Waals surface area contributed by atoms with E-state index in [0.717, 1.165) is 5.56 Å². The summed E-state index contributed by atoms with van der Waals surface area (Å²) in [5.74, 6) is -1.91. The van der Waals surface area contributed by atoms with Crippen LogP contribution in [0.5, 0.6) is 0 Å². The molecule has 3 rings (SSSR count). The summed E-state index contributed by atoms with van der Waals surface area (Å²) in [6, 6.07) is 12.2. The molecule has 1 aromatic heterocycles. The third-order valence-corrected chi connectivity index (χ3v) is 5.86. The third-order valence-electron chi connectivity index (χ3n) is 5.63. The molecule has 2 aromatic carbocycles. The van der Waals surface area contributed by atoms with Crippen molar-refractivity contribution in [1.29, 1.82) is 0 Å². The van der Waals surface area contributed by atoms with Crippen LogP contribution in [-0.2, 0) is 16.1 Å². The number of carbonyl (C=O) groups excluding carboxylic acids is 3. The van der Waals surface area contributed by atoms with Crippen molar-refractivity contribution in [3.05, 3.63) is 70.4 Å². The molecule has 0 saturated heterocycles. The molecule has 1 heterocycles. The average Bonchev–Trinajstić information content (AvgIpc) is 3.22. The van der Waals surface area contributed by atoms with Crippen molar-refractivity contribution in [3.8, 4) is 0 Å². The topological polar surface area (TPSA) is 160 Å². The second-order valence-electron chi connectivity index (χ2n) is 8.63. The van der Waals surface area contributed by atoms with Crippen LogP contribution in [0.4, 0.5) is 0 Å². The maximum atomic E-state index is 13.6. The fraction of sp³-hybridized carbons (Fsp3) is 0.292. The van der Waals surface area contributed by atoms with Gasteiger partial charge in [-0.1, -0.05) is 61.8 Å². The quantitative estimate of drug-likeness (QED) is 0.166. The Labute approximate surface area is 207 Å². The Hall–Kier alpha value is -3.44. The molecule has 2 atom stereocenters. The maximum Gasteiger partial charge on any atom is 0.301 e. The first-order valence-electron chi connectivity index (χ1n) is 11.1. The van der Waals surface area contributed by atoms with Crippen LogP contribution in [0.1, 0.15) is 47.9 Å². The zero-order chi connectivity index (χ0) is 25.5. The largest absolute Gasteiger partial charge is 0.350 e. The van der Waals surface area contributed by atoms with E-state index < -0.39 is 29.8 Å². The van der Waals surface area contributed by atoms with Gasteiger partial charge in [-0.3, -0.25) is 24.8 Å². The molecule has 0 radical (unpaired) electrons. The fourth-order valence-electron chi connectivity index (χ4n) is 4.06. The van der Waals surface area contributed by atoms with E-state index in [0.29, 0.717) is 22.3 Å². The Morgan fingerprint density at radius 1 is 1.03 bits per heavy atom. The SMILES string of the molecule is CC(C)C[C@H]([NH2+]C(C(=O)NCc1ccccc1)c1c(C(=O)NO)[nH]c2cc(Cl)ccc12)C(=O)NO. The second-order valence-corrected chi connectivity index (χ2v) is 9.07. The van der Waals surface area contributed by atoms with Crippen molar-refractivity contribution in [3.63, 3.8) is 0 Å². The smallest absolute Gasteiger partial charge is 0.301 e. The van der Waals surface area contributed by atoms with Gasteiger partial charge in [0.2, 0.25) is 0 Å². The summed E-state index contributed by atoms with van der Waals surface area (Å²) in [6.45, 7) is 4.05. The van der Waals surface area contributed by atoms with Crippen LogP contribution in [-0.4, -0.2) is 39.2 Å². The molecule has 3 amide bonds. The number of carbonyl (C=O) groups is 3. The zero-order valence-corrected chi connectivity index (χ0v) is 20.1. The van der Waals surface area contributed by atoms with E-state index >= 15 is 0 Å². The van der Waals surface area contributed by atoms with Gasteiger partial charge in [-0.15, -0.1) is 0 Å². The molecule has 8 N–H and O–H groups in total. The molecule has 0 aliphatic heterocycles. The van der Waals surface area contributed by atoms with Crippen LogP contribution in [0.3, 0.4) is 0 Å². The van der Waals surface area contributed by atoms with Crippen LogP contribution in [0.2, 0.25) is 5.02 Å². The number of nitrogens with one attached hydrogen (secondary N) is 4. The minimum atomic E-state index is -1.08. The minimum Gasteiger partial charge on any atom is -0.350 e. The molecular formula is C24H29ClN5O5+. The Balaban J connectivity index is 2.09. The van der Waals surface area contributed by atoms with Crippen molar-refractivity contribution in [2.24, 2.45) is 5.92 Å². The van der Waals surface area contributed by atoms with Gasteiger partial charge in [-0.2, -0.15) is 0 Å². The predicted molar refractivity (Wildman–Crippen MR) is 129 cm³/mol. The Morgan fingerprint density at radius 3 is 2.37 bits per heavy atom. The summed E-state index contributed by atoms with van der Waals surface area (Å²) in [4.78, 5) is 41.5. The van der Waals surface area contributed by atoms with Crippen molar-refractivity contribution in [2.75, 3.05) is 0 Å². The second kappa shape index (κ2) is 11.8. The number of halogens is 1. The van der Waals surface area contributed by atoms with Gasteiger partial charge in [0, 0.05) is 28.9 Å². The normalized spacial score (nSPS) is 12.9. The average molecular weight is 503 g/mol. The van der Waals surface area contributed by atoms with Gasteiger partial charge >= 0.3 is 5.91 Å². The molecule has 1 unspecified atom stereocenters. The number of amides is 3. The van der Waals surface area contributed by atoms with Gasteiger partial charge in [0.1, 0.15) is 5.69 Å². The number of hydrogen-bond donors (Lipinski definition) is 7. The summed E-state index contributed by atoms with van der Waals surface area (Å²) in [7, 11) is 0. The summed E-state index contributed by atoms with van der Waals surface area (Å²) in [5.41, 5.74) is 4.83. The van der Waals surface area contributed by atoms with Crippen LogP contribution in [0.25, 0.3) is 10.9 Å². The van der Waals surface area contributed by atoms with Crippen LogP contribution >= 0.6 is 11.6 Å². The molecule has 0 fully saturated rings. The number of aromatic nitrogens is 1. The van der Waals surface area contributed by atoms with E-state index in [1.165, 1.54) is 5.32 Å². The van der Waals surface area contributed by atoms with Crippen LogP contribution in [0, 0.1) is 5.92 Å². The maximum absolute atomic E-state index is 13.6. The lowest BCUT2D eigenvalue weighted by atomic mass is 9.97. The van der Waals surface area contributed by atoms with Gasteiger partial charge < -0.3 is 15.6 Å². The van der Waals surface area contributed by atoms with Crippen molar-refractivity contribution < 1.29 is 30.1 Å². The van der Waals surface area contributed by atoms with Crippen molar-refractivity contribution in [1.82, 2.24) is 21.3 Å². The van der Waals surface area contributed by atoms with Gasteiger partial charge in [0.05, 0.1) is 5.56 Å². The molecule has 3 aromatic rings. The predicted octanol–water partition coefficient (Wildman–Crippen LogP) is 1.78. The van der Waals surface area contributed by atoms with Gasteiger partial charge in [-0.05, 0) is 23.6 Å². The van der Waals surface area contributed by atoms with Crippen LogP contribution < -0.4 is 21.6 Å². The highest BCUT2D eigenvalue weighted by molar-refractivity contribution is 6.31. The lowest BCUT2D eigenvalue weighted by Crippen LogP contribution is -2.95. The van der Waals surface area contributed by atoms with E-state index in [4.69, 9.17) is 11.6 Å². The summed E-state index contributed by atoms with van der Waals surface area (Å²) in [6.07, 6.45) is 0.352. The van der Waals surface area contributed by atoms with E-state index in [1.807, 2.05) is 44.2 Å². The standard InChI is InChI=1S/C24H28ClN5O5/c1-13(2)10-18(22(31)29-34)28-20(23(32)26-12-14-6-4-3-5-7-14)19-16-9-8-15(25)11-17(16)27-21(19)24(33)30-35/h3-9,11,13,18,20,27-28,34-35H,10,12H2,1-2H3,(H,26,32)(H,29,31)(H,30,33)/p+1/t18-,20?/m0/s1. The number of rotatable bonds is 10. The number of nitrogens with two attached hydrogens (primary N) is 1. The van der Waals surface area contributed by atoms with E-state index in [1.54, 1.807) is 29.2 Å². The minimum absolute atomic E-state index is 0.0476. The summed E-state index contributed by atoms with van der Waals surface area (Å²) in [5, 5.41) is 23.9. The molecule has 186 valence electrons. The summed E-state index contributed by atoms with van der Waals surface area (Å²) >= 11 is 6.12. The molecule has 11 heteroatoms. The Morgan fingerprint density at radius 2 is 1.74 bits per heavy atom. The van der Waals surface area contributed by atoms with E-state index in [-0.39, 0.29) is 23.7 Å². The van der Waals surface area contributed by atoms with Crippen molar-refractivity contribution >= 4 is 40.2 Å². The van der Waals surface area contributed by atoms with Gasteiger partial charge in [0.25, 0.3) is 11.8 Å². The highest BCUT2D eigenvalue weighted by Crippen LogP contribution is 2.29. The highest BCUT2D eigenvalue weighted by Gasteiger charge is 2.37. The Kier molecular flexibility index (Phi) is 8.83. The number of hydroxylamine groups is 2. The molecule has 0 bridgehead atoms. The number of benzene rings is 2. The number of quaternary nitrogens is 1. The molecule has 35 heavy (non-hydrogen) atoms. The molecular weight excluding hydrogens is 474 g/mol. The number of hydrogen-bond acceptors (Lipinski definition) is 5. The fourth-order valence-corrected chi connectivity index (χ4v) is 4.23. The Bertz CT molecular complexity index is 1200. The lowest BCUT2D eigenvalue weighted by Gasteiger charge is -2.23. The number of fused-ring (bicyclic) bond motifs is 1. The number of H-pyrrole nitrogens is 1. The van der Waals surface area contributed by atoms with Crippen LogP contribution in [0.15, 0.2) is 48.5 Å². The first kappa shape index (κ1) is 26.2. The molecule has 0 spiro atoms. The first-order chi connectivity index (χ1) is 16.7. The van der Waals surface area contributed by atoms with Gasteiger partial charge in [-0.25, -0.2) is 11.0 Å². The zero-order valence-electron chi connectivity index (χ0n) is 19.3. The molecule has 0 aliphatic carbocycles. The lowest BCUT2D eigenvalue weighted by molar-refractivity contribution is -0.705. The molecule has 10 nitrogen and oxygen atoms in total. The van der Waals surface area contributed by atoms with E-state index in [2.05, 4.69) is 10.3 Å². The first-order valence-corrected chi connectivity index (χ1v) is 11.5. The molecule has 0 aliphatic rings. The van der Waals surface area contributed by atoms with Gasteiger partial charge in [0.15, 0.2) is 12.1 Å². The highest BCUT2D eigenvalue weighted by atomic mass is 35.5.